The molecule has 0 atom stereocenters. The van der Waals surface area contributed by atoms with Crippen molar-refractivity contribution in [2.45, 2.75) is 124 Å². The van der Waals surface area contributed by atoms with Crippen LogP contribution in [0.3, 0.4) is 0 Å². The number of hydrogen-bond donors (Lipinski definition) is 0. The maximum Gasteiger partial charge on any atom is 0.311 e. The first-order chi connectivity index (χ1) is 12.5. The molecule has 0 bridgehead atoms. The zero-order chi connectivity index (χ0) is 19.5. The first-order valence-electron chi connectivity index (χ1n) is 11.4. The first-order valence-corrected chi connectivity index (χ1v) is 11.4. The number of esters is 1. The van der Waals surface area contributed by atoms with Crippen molar-refractivity contribution < 1.29 is 9.53 Å². The van der Waals surface area contributed by atoms with E-state index in [4.69, 9.17) is 4.74 Å². The van der Waals surface area contributed by atoms with Crippen LogP contribution >= 0.6 is 0 Å². The highest BCUT2D eigenvalue weighted by atomic mass is 16.5. The van der Waals surface area contributed by atoms with Gasteiger partial charge in [-0.25, -0.2) is 0 Å². The third-order valence-corrected chi connectivity index (χ3v) is 5.33. The van der Waals surface area contributed by atoms with Gasteiger partial charge in [-0.3, -0.25) is 4.79 Å². The average molecular weight is 367 g/mol. The summed E-state index contributed by atoms with van der Waals surface area (Å²) in [6, 6.07) is 0. The Morgan fingerprint density at radius 2 is 1.19 bits per heavy atom. The van der Waals surface area contributed by atoms with Crippen molar-refractivity contribution in [1.29, 1.82) is 0 Å². The van der Waals surface area contributed by atoms with Crippen LogP contribution in [-0.4, -0.2) is 12.6 Å². The number of carbonyl (C=O) groups excluding carboxylic acids is 1. The standard InChI is InChI=1S/C24H46O2/c1-5-7-8-9-10-11-12-13-14-15-16-17-18-19-20-21-22-26-23(25)24(3,4)6-2/h13-14H,5-12,15-22H2,1-4H3. The van der Waals surface area contributed by atoms with E-state index in [0.717, 1.165) is 12.8 Å². The molecule has 0 N–H and O–H groups in total. The van der Waals surface area contributed by atoms with Gasteiger partial charge in [0.05, 0.1) is 12.0 Å². The maximum atomic E-state index is 11.8. The van der Waals surface area contributed by atoms with Gasteiger partial charge in [0.1, 0.15) is 0 Å². The van der Waals surface area contributed by atoms with Crippen LogP contribution in [0.5, 0.6) is 0 Å². The summed E-state index contributed by atoms with van der Waals surface area (Å²) in [6.45, 7) is 8.80. The van der Waals surface area contributed by atoms with Crippen molar-refractivity contribution in [2.24, 2.45) is 5.41 Å². The normalized spacial score (nSPS) is 12.0. The monoisotopic (exact) mass is 366 g/mol. The molecule has 0 fully saturated rings. The van der Waals surface area contributed by atoms with Crippen LogP contribution in [0.2, 0.25) is 0 Å². The van der Waals surface area contributed by atoms with Crippen LogP contribution in [0.1, 0.15) is 124 Å². The Kier molecular flexibility index (Phi) is 17.1. The minimum absolute atomic E-state index is 0.0484. The molecule has 0 unspecified atom stereocenters. The van der Waals surface area contributed by atoms with Gasteiger partial charge in [-0.05, 0) is 52.4 Å². The molecule has 2 heteroatoms. The molecule has 0 aromatic heterocycles. The Balaban J connectivity index is 3.27. The summed E-state index contributed by atoms with van der Waals surface area (Å²) < 4.78 is 5.37. The van der Waals surface area contributed by atoms with E-state index in [1.807, 2.05) is 20.8 Å². The summed E-state index contributed by atoms with van der Waals surface area (Å²) in [4.78, 5) is 11.8. The number of unbranched alkanes of at least 4 members (excludes halogenated alkanes) is 12. The Morgan fingerprint density at radius 3 is 1.69 bits per heavy atom. The Bertz CT molecular complexity index is 344. The fourth-order valence-electron chi connectivity index (χ4n) is 2.85. The highest BCUT2D eigenvalue weighted by molar-refractivity contribution is 5.75. The summed E-state index contributed by atoms with van der Waals surface area (Å²) >= 11 is 0. The molecule has 0 radical (unpaired) electrons. The van der Waals surface area contributed by atoms with Gasteiger partial charge < -0.3 is 4.74 Å². The molecule has 0 rings (SSSR count). The van der Waals surface area contributed by atoms with E-state index in [9.17, 15) is 4.79 Å². The van der Waals surface area contributed by atoms with Crippen molar-refractivity contribution in [3.63, 3.8) is 0 Å². The number of hydrogen-bond acceptors (Lipinski definition) is 2. The number of rotatable bonds is 18. The summed E-state index contributed by atoms with van der Waals surface area (Å²) in [7, 11) is 0. The minimum Gasteiger partial charge on any atom is -0.465 e. The fraction of sp³-hybridized carbons (Fsp3) is 0.875. The Morgan fingerprint density at radius 1 is 0.731 bits per heavy atom. The Labute approximate surface area is 164 Å². The molecule has 0 spiro atoms. The third kappa shape index (κ3) is 15.5. The van der Waals surface area contributed by atoms with Gasteiger partial charge in [0.25, 0.3) is 0 Å². The van der Waals surface area contributed by atoms with Gasteiger partial charge in [-0.2, -0.15) is 0 Å². The maximum absolute atomic E-state index is 11.8. The zero-order valence-electron chi connectivity index (χ0n) is 18.3. The molecular weight excluding hydrogens is 320 g/mol. The molecule has 0 heterocycles. The smallest absolute Gasteiger partial charge is 0.311 e. The molecule has 0 aliphatic heterocycles. The SMILES string of the molecule is CCCCCCCCC=CCCCCCCCCOC(=O)C(C)(C)CC. The number of ether oxygens (including phenoxy) is 1. The zero-order valence-corrected chi connectivity index (χ0v) is 18.3. The quantitative estimate of drug-likeness (QED) is 0.139. The number of carbonyl (C=O) groups is 1. The number of allylic oxidation sites excluding steroid dienone is 2. The van der Waals surface area contributed by atoms with Crippen LogP contribution in [-0.2, 0) is 9.53 Å². The second-order valence-electron chi connectivity index (χ2n) is 8.31. The molecular formula is C24H46O2. The molecule has 0 aromatic carbocycles. The predicted octanol–water partition coefficient (Wildman–Crippen LogP) is 8.00. The largest absolute Gasteiger partial charge is 0.465 e. The van der Waals surface area contributed by atoms with E-state index in [2.05, 4.69) is 19.1 Å². The molecule has 0 saturated carbocycles. The van der Waals surface area contributed by atoms with Gasteiger partial charge >= 0.3 is 5.97 Å². The van der Waals surface area contributed by atoms with E-state index in [-0.39, 0.29) is 11.4 Å². The molecule has 0 amide bonds. The lowest BCUT2D eigenvalue weighted by Crippen LogP contribution is -2.26. The van der Waals surface area contributed by atoms with E-state index >= 15 is 0 Å². The molecule has 0 aliphatic carbocycles. The van der Waals surface area contributed by atoms with Crippen molar-refractivity contribution in [3.8, 4) is 0 Å². The molecule has 26 heavy (non-hydrogen) atoms. The van der Waals surface area contributed by atoms with Crippen molar-refractivity contribution in [2.75, 3.05) is 6.61 Å². The van der Waals surface area contributed by atoms with Crippen molar-refractivity contribution in [3.05, 3.63) is 12.2 Å². The lowest BCUT2D eigenvalue weighted by atomic mass is 9.91. The molecule has 0 aliphatic rings. The third-order valence-electron chi connectivity index (χ3n) is 5.33. The van der Waals surface area contributed by atoms with Gasteiger partial charge in [-0.1, -0.05) is 83.8 Å². The first kappa shape index (κ1) is 25.2. The van der Waals surface area contributed by atoms with E-state index in [0.29, 0.717) is 6.61 Å². The molecule has 0 saturated heterocycles. The predicted molar refractivity (Wildman–Crippen MR) is 114 cm³/mol. The van der Waals surface area contributed by atoms with Gasteiger partial charge in [0, 0.05) is 0 Å². The minimum atomic E-state index is -0.331. The Hall–Kier alpha value is -0.790. The van der Waals surface area contributed by atoms with Gasteiger partial charge in [0.15, 0.2) is 0 Å². The summed E-state index contributed by atoms with van der Waals surface area (Å²) in [5, 5.41) is 0. The highest BCUT2D eigenvalue weighted by Gasteiger charge is 2.26. The van der Waals surface area contributed by atoms with Gasteiger partial charge in [0.2, 0.25) is 0 Å². The summed E-state index contributed by atoms with van der Waals surface area (Å²) in [5.74, 6) is -0.0484. The molecule has 0 aromatic rings. The summed E-state index contributed by atoms with van der Waals surface area (Å²) in [5.41, 5.74) is -0.331. The highest BCUT2D eigenvalue weighted by Crippen LogP contribution is 2.21. The van der Waals surface area contributed by atoms with Crippen molar-refractivity contribution >= 4 is 5.97 Å². The van der Waals surface area contributed by atoms with Crippen LogP contribution in [0.4, 0.5) is 0 Å². The van der Waals surface area contributed by atoms with Crippen LogP contribution in [0.15, 0.2) is 12.2 Å². The second kappa shape index (κ2) is 17.6. The summed E-state index contributed by atoms with van der Waals surface area (Å²) in [6.07, 6.45) is 23.8. The van der Waals surface area contributed by atoms with Crippen LogP contribution in [0.25, 0.3) is 0 Å². The van der Waals surface area contributed by atoms with E-state index in [1.54, 1.807) is 0 Å². The topological polar surface area (TPSA) is 26.3 Å². The molecule has 154 valence electrons. The average Bonchev–Trinajstić information content (AvgIpc) is 2.64. The fourth-order valence-corrected chi connectivity index (χ4v) is 2.85. The van der Waals surface area contributed by atoms with E-state index in [1.165, 1.54) is 83.5 Å². The van der Waals surface area contributed by atoms with Gasteiger partial charge in [-0.15, -0.1) is 0 Å². The van der Waals surface area contributed by atoms with Crippen molar-refractivity contribution in [1.82, 2.24) is 0 Å². The second-order valence-corrected chi connectivity index (χ2v) is 8.31. The molecule has 2 nitrogen and oxygen atoms in total. The van der Waals surface area contributed by atoms with E-state index < -0.39 is 0 Å². The lowest BCUT2D eigenvalue weighted by Gasteiger charge is -2.20. The lowest BCUT2D eigenvalue weighted by molar-refractivity contribution is -0.154. The van der Waals surface area contributed by atoms with Crippen LogP contribution < -0.4 is 0 Å². The van der Waals surface area contributed by atoms with Crippen LogP contribution in [0, 0.1) is 5.41 Å².